The molecular weight excluding hydrogens is 428 g/mol. The Bertz CT molecular complexity index is 913. The van der Waals surface area contributed by atoms with Crippen LogP contribution in [0.4, 0.5) is 0 Å². The quantitative estimate of drug-likeness (QED) is 0.729. The number of rotatable bonds is 6. The van der Waals surface area contributed by atoms with Crippen LogP contribution in [0.2, 0.25) is 0 Å². The summed E-state index contributed by atoms with van der Waals surface area (Å²) < 4.78 is 27.7. The number of hydrogen-bond acceptors (Lipinski definition) is 3. The molecule has 0 radical (unpaired) electrons. The van der Waals surface area contributed by atoms with E-state index >= 15 is 0 Å². The topological polar surface area (TPSA) is 66.5 Å². The first-order valence-electron chi connectivity index (χ1n) is 9.04. The minimum atomic E-state index is -3.71. The van der Waals surface area contributed by atoms with Gasteiger partial charge in [-0.15, -0.1) is 0 Å². The van der Waals surface area contributed by atoms with Crippen molar-refractivity contribution < 1.29 is 13.2 Å². The fourth-order valence-electron chi connectivity index (χ4n) is 3.43. The Morgan fingerprint density at radius 1 is 1.19 bits per heavy atom. The van der Waals surface area contributed by atoms with Crippen LogP contribution in [-0.2, 0) is 21.2 Å². The third kappa shape index (κ3) is 4.59. The molecular formula is C20H23BrN2O3S. The van der Waals surface area contributed by atoms with Crippen LogP contribution >= 0.6 is 15.9 Å². The maximum absolute atomic E-state index is 12.8. The number of nitrogens with one attached hydrogen (secondary N) is 1. The van der Waals surface area contributed by atoms with Crippen LogP contribution in [0.5, 0.6) is 0 Å². The maximum Gasteiger partial charge on any atom is 0.243 e. The number of carbonyl (C=O) groups is 1. The molecule has 27 heavy (non-hydrogen) atoms. The lowest BCUT2D eigenvalue weighted by atomic mass is 9.88. The summed E-state index contributed by atoms with van der Waals surface area (Å²) in [5.74, 6) is -0.278. The smallest absolute Gasteiger partial charge is 0.243 e. The number of amides is 1. The predicted octanol–water partition coefficient (Wildman–Crippen LogP) is 3.65. The zero-order chi connectivity index (χ0) is 19.4. The molecule has 1 aliphatic carbocycles. The molecule has 0 bridgehead atoms. The number of sulfonamides is 1. The average Bonchev–Trinajstić information content (AvgIpc) is 2.66. The molecule has 0 spiro atoms. The molecule has 0 saturated carbocycles. The summed E-state index contributed by atoms with van der Waals surface area (Å²) in [6, 6.07) is 14.5. The average molecular weight is 451 g/mol. The fraction of sp³-hybridized carbons (Fsp3) is 0.350. The normalized spacial score (nSPS) is 16.8. The number of nitrogens with zero attached hydrogens (tertiary/aromatic N) is 1. The van der Waals surface area contributed by atoms with Gasteiger partial charge in [0, 0.05) is 11.0 Å². The molecule has 0 fully saturated rings. The van der Waals surface area contributed by atoms with Crippen LogP contribution in [0.3, 0.4) is 0 Å². The van der Waals surface area contributed by atoms with Crippen LogP contribution in [0, 0.1) is 0 Å². The first-order valence-corrected chi connectivity index (χ1v) is 11.3. The second-order valence-electron chi connectivity index (χ2n) is 6.60. The number of aryl methyl sites for hydroxylation is 1. The lowest BCUT2D eigenvalue weighted by Crippen LogP contribution is -2.42. The molecule has 5 nitrogen and oxygen atoms in total. The van der Waals surface area contributed by atoms with Gasteiger partial charge >= 0.3 is 0 Å². The van der Waals surface area contributed by atoms with E-state index in [9.17, 15) is 13.2 Å². The molecule has 0 aliphatic heterocycles. The van der Waals surface area contributed by atoms with Crippen molar-refractivity contribution in [3.05, 3.63) is 64.1 Å². The highest BCUT2D eigenvalue weighted by Gasteiger charge is 2.27. The van der Waals surface area contributed by atoms with E-state index in [0.717, 1.165) is 29.3 Å². The van der Waals surface area contributed by atoms with Gasteiger partial charge in [-0.25, -0.2) is 8.42 Å². The van der Waals surface area contributed by atoms with Crippen molar-refractivity contribution >= 4 is 31.9 Å². The number of fused-ring (bicyclic) bond motifs is 1. The molecule has 1 aliphatic rings. The second-order valence-corrected chi connectivity index (χ2v) is 9.45. The van der Waals surface area contributed by atoms with Crippen molar-refractivity contribution in [1.82, 2.24) is 9.62 Å². The summed E-state index contributed by atoms with van der Waals surface area (Å²) in [7, 11) is -3.71. The van der Waals surface area contributed by atoms with Gasteiger partial charge in [-0.1, -0.05) is 47.1 Å². The molecule has 1 amide bonds. The second kappa shape index (κ2) is 8.54. The first kappa shape index (κ1) is 20.0. The van der Waals surface area contributed by atoms with Gasteiger partial charge in [0.2, 0.25) is 15.9 Å². The molecule has 0 saturated heterocycles. The highest BCUT2D eigenvalue weighted by atomic mass is 79.9. The van der Waals surface area contributed by atoms with Gasteiger partial charge in [-0.2, -0.15) is 4.31 Å². The molecule has 7 heteroatoms. The Labute approximate surface area is 169 Å². The Kier molecular flexibility index (Phi) is 6.34. The minimum Gasteiger partial charge on any atom is -0.348 e. The van der Waals surface area contributed by atoms with Gasteiger partial charge in [0.15, 0.2) is 0 Å². The van der Waals surface area contributed by atoms with E-state index < -0.39 is 10.0 Å². The third-order valence-electron chi connectivity index (χ3n) is 4.83. The van der Waals surface area contributed by atoms with Crippen LogP contribution in [0.25, 0.3) is 0 Å². The Hall–Kier alpha value is -1.70. The van der Waals surface area contributed by atoms with Crippen molar-refractivity contribution in [1.29, 1.82) is 0 Å². The number of carbonyl (C=O) groups excluding carboxylic acids is 1. The molecule has 2 aromatic rings. The highest BCUT2D eigenvalue weighted by molar-refractivity contribution is 9.10. The maximum atomic E-state index is 12.8. The lowest BCUT2D eigenvalue weighted by molar-refractivity contribution is -0.122. The summed E-state index contributed by atoms with van der Waals surface area (Å²) >= 11 is 3.30. The summed E-state index contributed by atoms with van der Waals surface area (Å²) in [6.07, 6.45) is 2.90. The van der Waals surface area contributed by atoms with E-state index in [4.69, 9.17) is 0 Å². The summed E-state index contributed by atoms with van der Waals surface area (Å²) in [4.78, 5) is 12.8. The molecule has 0 heterocycles. The van der Waals surface area contributed by atoms with Crippen LogP contribution in [0.1, 0.15) is 36.9 Å². The van der Waals surface area contributed by atoms with Gasteiger partial charge in [0.05, 0.1) is 17.5 Å². The van der Waals surface area contributed by atoms with Crippen molar-refractivity contribution in [2.75, 3.05) is 13.1 Å². The fourth-order valence-corrected chi connectivity index (χ4v) is 5.10. The third-order valence-corrected chi connectivity index (χ3v) is 7.29. The summed E-state index contributed by atoms with van der Waals surface area (Å²) in [6.45, 7) is 1.78. The lowest BCUT2D eigenvalue weighted by Gasteiger charge is -2.27. The van der Waals surface area contributed by atoms with E-state index in [2.05, 4.69) is 27.3 Å². The van der Waals surface area contributed by atoms with Crippen molar-refractivity contribution in [2.45, 2.75) is 37.1 Å². The molecule has 144 valence electrons. The van der Waals surface area contributed by atoms with Gasteiger partial charge in [0.25, 0.3) is 0 Å². The van der Waals surface area contributed by atoms with E-state index in [1.165, 1.54) is 22.0 Å². The van der Waals surface area contributed by atoms with Gasteiger partial charge in [0.1, 0.15) is 0 Å². The van der Waals surface area contributed by atoms with Gasteiger partial charge in [-0.3, -0.25) is 4.79 Å². The van der Waals surface area contributed by atoms with E-state index in [1.54, 1.807) is 19.1 Å². The Morgan fingerprint density at radius 2 is 1.89 bits per heavy atom. The predicted molar refractivity (Wildman–Crippen MR) is 109 cm³/mol. The standard InChI is InChI=1S/C20H23BrN2O3S/c1-2-23(27(25,26)17-12-10-16(21)11-13-17)14-20(24)22-19-9-5-7-15-6-3-4-8-18(15)19/h3-4,6,8,10-13,19H,2,5,7,9,14H2,1H3,(H,22,24). The molecule has 1 N–H and O–H groups in total. The number of likely N-dealkylation sites (N-methyl/N-ethyl adjacent to an activating group) is 1. The molecule has 2 aromatic carbocycles. The molecule has 0 aromatic heterocycles. The van der Waals surface area contributed by atoms with E-state index in [0.29, 0.717) is 0 Å². The summed E-state index contributed by atoms with van der Waals surface area (Å²) in [5.41, 5.74) is 2.39. The molecule has 1 unspecified atom stereocenters. The van der Waals surface area contributed by atoms with E-state index in [1.807, 2.05) is 18.2 Å². The largest absolute Gasteiger partial charge is 0.348 e. The minimum absolute atomic E-state index is 0.0588. The Balaban J connectivity index is 1.72. The summed E-state index contributed by atoms with van der Waals surface area (Å²) in [5, 5.41) is 3.02. The first-order chi connectivity index (χ1) is 12.9. The zero-order valence-electron chi connectivity index (χ0n) is 15.2. The molecule has 1 atom stereocenters. The number of benzene rings is 2. The zero-order valence-corrected chi connectivity index (χ0v) is 17.6. The van der Waals surface area contributed by atoms with Crippen LogP contribution < -0.4 is 5.32 Å². The van der Waals surface area contributed by atoms with Crippen molar-refractivity contribution in [2.24, 2.45) is 0 Å². The van der Waals surface area contributed by atoms with Gasteiger partial charge < -0.3 is 5.32 Å². The monoisotopic (exact) mass is 450 g/mol. The van der Waals surface area contributed by atoms with Crippen LogP contribution in [0.15, 0.2) is 57.9 Å². The highest BCUT2D eigenvalue weighted by Crippen LogP contribution is 2.29. The van der Waals surface area contributed by atoms with Crippen LogP contribution in [-0.4, -0.2) is 31.7 Å². The van der Waals surface area contributed by atoms with E-state index in [-0.39, 0.29) is 29.9 Å². The van der Waals surface area contributed by atoms with Crippen molar-refractivity contribution in [3.63, 3.8) is 0 Å². The van der Waals surface area contributed by atoms with Crippen molar-refractivity contribution in [3.8, 4) is 0 Å². The number of halogens is 1. The SMILES string of the molecule is CCN(CC(=O)NC1CCCc2ccccc21)S(=O)(=O)c1ccc(Br)cc1. The molecule has 3 rings (SSSR count). The number of hydrogen-bond donors (Lipinski definition) is 1. The van der Waals surface area contributed by atoms with Gasteiger partial charge in [-0.05, 0) is 54.7 Å². The Morgan fingerprint density at radius 3 is 2.59 bits per heavy atom.